The number of amides is 1. The molecule has 0 radical (unpaired) electrons. The van der Waals surface area contributed by atoms with Crippen LogP contribution < -0.4 is 10.0 Å². The average Bonchev–Trinajstić information content (AvgIpc) is 3.67. The number of pyridine rings is 2. The van der Waals surface area contributed by atoms with E-state index in [1.165, 1.54) is 24.4 Å². The Morgan fingerprint density at radius 1 is 1.00 bits per heavy atom. The number of sulfonamides is 1. The van der Waals surface area contributed by atoms with Crippen LogP contribution in [0, 0.1) is 17.6 Å². The topological polar surface area (TPSA) is 158 Å². The van der Waals surface area contributed by atoms with Crippen molar-refractivity contribution in [1.82, 2.24) is 34.9 Å². The molecule has 1 amide bonds. The third kappa shape index (κ3) is 6.46. The number of nitrogens with zero attached hydrogens (tertiary/aromatic N) is 4. The molecular formula is C33H30F2N8O3S. The fraction of sp³-hybridized carbons (Fsp3) is 0.242. The van der Waals surface area contributed by atoms with E-state index in [0.29, 0.717) is 61.5 Å². The molecule has 14 heteroatoms. The average molecular weight is 657 g/mol. The fourth-order valence-corrected chi connectivity index (χ4v) is 6.52. The quantitative estimate of drug-likeness (QED) is 0.155. The Labute approximate surface area is 268 Å². The van der Waals surface area contributed by atoms with Crippen molar-refractivity contribution in [3.8, 4) is 33.8 Å². The van der Waals surface area contributed by atoms with Crippen LogP contribution in [0.5, 0.6) is 0 Å². The zero-order valence-corrected chi connectivity index (χ0v) is 26.1. The molecule has 1 saturated carbocycles. The first-order valence-electron chi connectivity index (χ1n) is 15.1. The second kappa shape index (κ2) is 12.3. The van der Waals surface area contributed by atoms with Crippen LogP contribution in [0.15, 0.2) is 61.1 Å². The number of fused-ring (bicyclic) bond motifs is 2. The first-order valence-corrected chi connectivity index (χ1v) is 17.0. The number of hydrogen-bond acceptors (Lipinski definition) is 7. The molecule has 4 N–H and O–H groups in total. The van der Waals surface area contributed by atoms with Crippen LogP contribution in [0.3, 0.4) is 0 Å². The molecule has 1 fully saturated rings. The SMILES string of the molecule is CS(=O)(=O)NCc1cc(F)cc(-c2ccnc3nc(-c4n[nH]c5cc(F)c(-c6cncc(NC(=O)C7CCCCC7)c6)cc45)[nH]c23)c1. The van der Waals surface area contributed by atoms with Gasteiger partial charge in [0, 0.05) is 53.0 Å². The summed E-state index contributed by atoms with van der Waals surface area (Å²) in [5.41, 5.74) is 4.50. The van der Waals surface area contributed by atoms with Gasteiger partial charge < -0.3 is 10.3 Å². The van der Waals surface area contributed by atoms with E-state index in [0.717, 1.165) is 38.4 Å². The minimum atomic E-state index is -3.47. The summed E-state index contributed by atoms with van der Waals surface area (Å²) in [7, 11) is -3.47. The Morgan fingerprint density at radius 3 is 2.64 bits per heavy atom. The van der Waals surface area contributed by atoms with Gasteiger partial charge in [0.05, 0.1) is 29.2 Å². The molecule has 4 aromatic heterocycles. The zero-order valence-electron chi connectivity index (χ0n) is 25.3. The summed E-state index contributed by atoms with van der Waals surface area (Å²) in [4.78, 5) is 29.3. The van der Waals surface area contributed by atoms with E-state index in [1.54, 1.807) is 36.7 Å². The Morgan fingerprint density at radius 2 is 1.83 bits per heavy atom. The minimum Gasteiger partial charge on any atom is -0.335 e. The number of H-pyrrole nitrogens is 2. The van der Waals surface area contributed by atoms with Gasteiger partial charge in [0.1, 0.15) is 17.3 Å². The van der Waals surface area contributed by atoms with Crippen molar-refractivity contribution in [3.63, 3.8) is 0 Å². The smallest absolute Gasteiger partial charge is 0.227 e. The highest BCUT2D eigenvalue weighted by Gasteiger charge is 2.22. The van der Waals surface area contributed by atoms with Crippen LogP contribution in [0.25, 0.3) is 55.8 Å². The van der Waals surface area contributed by atoms with Crippen molar-refractivity contribution in [3.05, 3.63) is 78.3 Å². The maximum Gasteiger partial charge on any atom is 0.227 e. The third-order valence-electron chi connectivity index (χ3n) is 8.37. The Balaban J connectivity index is 1.23. The van der Waals surface area contributed by atoms with E-state index in [2.05, 4.69) is 40.2 Å². The van der Waals surface area contributed by atoms with Crippen molar-refractivity contribution >= 4 is 43.7 Å². The second-order valence-corrected chi connectivity index (χ2v) is 13.7. The molecule has 2 aromatic carbocycles. The number of anilines is 1. The van der Waals surface area contributed by atoms with Crippen LogP contribution in [0.1, 0.15) is 37.7 Å². The summed E-state index contributed by atoms with van der Waals surface area (Å²) < 4.78 is 55.6. The van der Waals surface area contributed by atoms with Crippen molar-refractivity contribution < 1.29 is 22.0 Å². The molecule has 1 aliphatic carbocycles. The maximum absolute atomic E-state index is 15.4. The molecule has 0 saturated heterocycles. The van der Waals surface area contributed by atoms with Gasteiger partial charge in [-0.1, -0.05) is 19.3 Å². The van der Waals surface area contributed by atoms with Gasteiger partial charge in [0.15, 0.2) is 11.5 Å². The normalized spacial score (nSPS) is 14.2. The van der Waals surface area contributed by atoms with E-state index in [1.807, 2.05) is 0 Å². The molecule has 240 valence electrons. The molecule has 1 aliphatic rings. The summed E-state index contributed by atoms with van der Waals surface area (Å²) >= 11 is 0. The van der Waals surface area contributed by atoms with Crippen molar-refractivity contribution in [2.24, 2.45) is 5.92 Å². The Bertz CT molecular complexity index is 2260. The van der Waals surface area contributed by atoms with E-state index < -0.39 is 21.7 Å². The van der Waals surface area contributed by atoms with Gasteiger partial charge in [0.2, 0.25) is 15.9 Å². The lowest BCUT2D eigenvalue weighted by Crippen LogP contribution is -2.24. The summed E-state index contributed by atoms with van der Waals surface area (Å²) in [6.45, 7) is -0.0739. The summed E-state index contributed by atoms with van der Waals surface area (Å²) in [6, 6.07) is 10.7. The Kier molecular flexibility index (Phi) is 7.98. The highest BCUT2D eigenvalue weighted by molar-refractivity contribution is 7.88. The van der Waals surface area contributed by atoms with Crippen molar-refractivity contribution in [1.29, 1.82) is 0 Å². The molecular weight excluding hydrogens is 626 g/mol. The van der Waals surface area contributed by atoms with Crippen LogP contribution in [0.2, 0.25) is 0 Å². The Hall–Kier alpha value is -5.08. The lowest BCUT2D eigenvalue weighted by atomic mass is 9.88. The number of carbonyl (C=O) groups is 1. The minimum absolute atomic E-state index is 0.0346. The summed E-state index contributed by atoms with van der Waals surface area (Å²) in [5.74, 6) is -0.753. The number of imidazole rings is 1. The highest BCUT2D eigenvalue weighted by atomic mass is 32.2. The number of hydrogen-bond donors (Lipinski definition) is 4. The van der Waals surface area contributed by atoms with Gasteiger partial charge in [-0.2, -0.15) is 5.10 Å². The second-order valence-electron chi connectivity index (χ2n) is 11.8. The largest absolute Gasteiger partial charge is 0.335 e. The van der Waals surface area contributed by atoms with Crippen LogP contribution in [0.4, 0.5) is 14.5 Å². The van der Waals surface area contributed by atoms with E-state index in [9.17, 15) is 17.6 Å². The monoisotopic (exact) mass is 656 g/mol. The molecule has 0 aliphatic heterocycles. The number of aromatic nitrogens is 6. The number of carbonyl (C=O) groups excluding carboxylic acids is 1. The maximum atomic E-state index is 15.4. The summed E-state index contributed by atoms with van der Waals surface area (Å²) in [5, 5.41) is 10.8. The van der Waals surface area contributed by atoms with Crippen molar-refractivity contribution in [2.75, 3.05) is 11.6 Å². The third-order valence-corrected chi connectivity index (χ3v) is 9.04. The highest BCUT2D eigenvalue weighted by Crippen LogP contribution is 2.35. The lowest BCUT2D eigenvalue weighted by molar-refractivity contribution is -0.120. The number of aromatic amines is 2. The van der Waals surface area contributed by atoms with Crippen LogP contribution in [-0.4, -0.2) is 50.7 Å². The molecule has 0 unspecified atom stereocenters. The van der Waals surface area contributed by atoms with E-state index in [4.69, 9.17) is 0 Å². The molecule has 0 bridgehead atoms. The predicted octanol–water partition coefficient (Wildman–Crippen LogP) is 6.08. The molecule has 4 heterocycles. The van der Waals surface area contributed by atoms with Gasteiger partial charge in [-0.05, 0) is 60.4 Å². The molecule has 47 heavy (non-hydrogen) atoms. The van der Waals surface area contributed by atoms with Crippen molar-refractivity contribution in [2.45, 2.75) is 38.6 Å². The van der Waals surface area contributed by atoms with Gasteiger partial charge in [-0.15, -0.1) is 0 Å². The van der Waals surface area contributed by atoms with E-state index >= 15 is 4.39 Å². The zero-order chi connectivity index (χ0) is 32.7. The molecule has 6 aromatic rings. The predicted molar refractivity (Wildman–Crippen MR) is 174 cm³/mol. The van der Waals surface area contributed by atoms with Crippen LogP contribution >= 0.6 is 0 Å². The summed E-state index contributed by atoms with van der Waals surface area (Å²) in [6.07, 6.45) is 10.6. The molecule has 0 spiro atoms. The first-order chi connectivity index (χ1) is 22.6. The van der Waals surface area contributed by atoms with Gasteiger partial charge in [-0.25, -0.2) is 31.9 Å². The number of halogens is 2. The molecule has 0 atom stereocenters. The first kappa shape index (κ1) is 30.6. The molecule has 11 nitrogen and oxygen atoms in total. The van der Waals surface area contributed by atoms with Gasteiger partial charge >= 0.3 is 0 Å². The number of nitrogens with one attached hydrogen (secondary N) is 4. The van der Waals surface area contributed by atoms with Gasteiger partial charge in [0.25, 0.3) is 0 Å². The van der Waals surface area contributed by atoms with Crippen LogP contribution in [-0.2, 0) is 21.4 Å². The fourth-order valence-electron chi connectivity index (χ4n) is 6.09. The molecule has 7 rings (SSSR count). The lowest BCUT2D eigenvalue weighted by Gasteiger charge is -2.20. The van der Waals surface area contributed by atoms with Gasteiger partial charge in [-0.3, -0.25) is 14.9 Å². The van der Waals surface area contributed by atoms with E-state index in [-0.39, 0.29) is 23.9 Å². The number of benzene rings is 2. The number of rotatable bonds is 8. The standard InChI is InChI=1S/C33H30F2N8O3S/c1-47(45,46)38-15-18-9-20(11-22(34)10-18)24-7-8-37-31-29(24)40-32(41-31)30-26-13-25(27(35)14-28(26)42-43-30)21-12-23(17-36-16-21)39-33(44)19-5-3-2-4-6-19/h7-14,16-17,19,38H,2-6,15H2,1H3,(H,39,44)(H,42,43)(H,37,40,41).